The summed E-state index contributed by atoms with van der Waals surface area (Å²) < 4.78 is 6.13. The minimum Gasteiger partial charge on any atom is -0.508 e. The molecule has 0 amide bonds. The maximum absolute atomic E-state index is 9.55. The van der Waals surface area contributed by atoms with Gasteiger partial charge >= 0.3 is 0 Å². The van der Waals surface area contributed by atoms with E-state index in [4.69, 9.17) is 4.74 Å². The predicted molar refractivity (Wildman–Crippen MR) is 65.1 cm³/mol. The summed E-state index contributed by atoms with van der Waals surface area (Å²) in [6.45, 7) is 6.37. The van der Waals surface area contributed by atoms with Gasteiger partial charge in [-0.25, -0.2) is 0 Å². The van der Waals surface area contributed by atoms with Gasteiger partial charge in [-0.15, -0.1) is 0 Å². The summed E-state index contributed by atoms with van der Waals surface area (Å²) in [6.07, 6.45) is 4.27. The fourth-order valence-electron chi connectivity index (χ4n) is 2.56. The number of aromatic hydroxyl groups is 1. The highest BCUT2D eigenvalue weighted by Crippen LogP contribution is 2.39. The van der Waals surface area contributed by atoms with Crippen LogP contribution in [0.15, 0.2) is 12.1 Å². The number of rotatable bonds is 2. The fraction of sp³-hybridized carbons (Fsp3) is 0.571. The molecule has 0 bridgehead atoms. The molecule has 1 atom stereocenters. The Kier molecular flexibility index (Phi) is 2.83. The van der Waals surface area contributed by atoms with Gasteiger partial charge in [0, 0.05) is 0 Å². The number of ether oxygens (including phenoxy) is 1. The highest BCUT2D eigenvalue weighted by molar-refractivity contribution is 5.47. The topological polar surface area (TPSA) is 29.5 Å². The van der Waals surface area contributed by atoms with Crippen molar-refractivity contribution in [2.75, 3.05) is 0 Å². The van der Waals surface area contributed by atoms with E-state index in [0.29, 0.717) is 5.75 Å². The molecule has 2 heteroatoms. The van der Waals surface area contributed by atoms with Crippen LogP contribution in [0, 0.1) is 6.92 Å². The maximum atomic E-state index is 9.55. The number of benzene rings is 1. The van der Waals surface area contributed by atoms with Crippen LogP contribution >= 0.6 is 0 Å². The van der Waals surface area contributed by atoms with Gasteiger partial charge in [-0.05, 0) is 56.4 Å². The molecule has 1 aromatic carbocycles. The Labute approximate surface area is 97.3 Å². The lowest BCUT2D eigenvalue weighted by Crippen LogP contribution is -2.36. The number of hydrogen-bond donors (Lipinski definition) is 1. The molecule has 0 spiro atoms. The first kappa shape index (κ1) is 11.3. The molecule has 0 saturated carbocycles. The van der Waals surface area contributed by atoms with Gasteiger partial charge in [-0.2, -0.15) is 0 Å². The largest absolute Gasteiger partial charge is 0.508 e. The van der Waals surface area contributed by atoms with Crippen LogP contribution in [-0.4, -0.2) is 10.7 Å². The van der Waals surface area contributed by atoms with Crippen LogP contribution < -0.4 is 4.74 Å². The van der Waals surface area contributed by atoms with E-state index in [0.717, 1.165) is 42.6 Å². The van der Waals surface area contributed by atoms with E-state index in [-0.39, 0.29) is 5.60 Å². The molecule has 0 fully saturated rings. The number of aryl methyl sites for hydroxylation is 2. The zero-order valence-corrected chi connectivity index (χ0v) is 10.3. The molecule has 2 nitrogen and oxygen atoms in total. The summed E-state index contributed by atoms with van der Waals surface area (Å²) in [5.74, 6) is 1.33. The van der Waals surface area contributed by atoms with E-state index in [1.807, 2.05) is 13.0 Å². The molecule has 1 unspecified atom stereocenters. The van der Waals surface area contributed by atoms with Gasteiger partial charge in [-0.1, -0.05) is 13.3 Å². The number of hydrogen-bond acceptors (Lipinski definition) is 2. The molecule has 1 N–H and O–H groups in total. The second-order valence-corrected chi connectivity index (χ2v) is 5.05. The summed E-state index contributed by atoms with van der Waals surface area (Å²) in [5.41, 5.74) is 2.16. The summed E-state index contributed by atoms with van der Waals surface area (Å²) >= 11 is 0. The van der Waals surface area contributed by atoms with Crippen molar-refractivity contribution in [3.8, 4) is 11.5 Å². The van der Waals surface area contributed by atoms with Crippen LogP contribution in [0.3, 0.4) is 0 Å². The molecule has 16 heavy (non-hydrogen) atoms. The third-order valence-electron chi connectivity index (χ3n) is 3.39. The van der Waals surface area contributed by atoms with E-state index in [2.05, 4.69) is 13.8 Å². The van der Waals surface area contributed by atoms with E-state index in [1.165, 1.54) is 0 Å². The predicted octanol–water partition coefficient (Wildman–Crippen LogP) is 3.58. The molecular formula is C14H20O2. The average Bonchev–Trinajstić information content (AvgIpc) is 2.20. The van der Waals surface area contributed by atoms with Gasteiger partial charge in [0.25, 0.3) is 0 Å². The Morgan fingerprint density at radius 3 is 2.88 bits per heavy atom. The van der Waals surface area contributed by atoms with Crippen molar-refractivity contribution >= 4 is 0 Å². The summed E-state index contributed by atoms with van der Waals surface area (Å²) in [4.78, 5) is 0. The lowest BCUT2D eigenvalue weighted by atomic mass is 9.88. The Morgan fingerprint density at radius 2 is 2.19 bits per heavy atom. The Balaban J connectivity index is 2.33. The van der Waals surface area contributed by atoms with Gasteiger partial charge in [0.2, 0.25) is 0 Å². The lowest BCUT2D eigenvalue weighted by Gasteiger charge is -2.36. The summed E-state index contributed by atoms with van der Waals surface area (Å²) in [6, 6.07) is 3.60. The number of fused-ring (bicyclic) bond motifs is 1. The van der Waals surface area contributed by atoms with Gasteiger partial charge in [0.15, 0.2) is 0 Å². The summed E-state index contributed by atoms with van der Waals surface area (Å²) in [7, 11) is 0. The molecule has 0 aromatic heterocycles. The van der Waals surface area contributed by atoms with E-state index < -0.39 is 0 Å². The summed E-state index contributed by atoms with van der Waals surface area (Å²) in [5, 5.41) is 9.55. The van der Waals surface area contributed by atoms with E-state index in [9.17, 15) is 5.11 Å². The third kappa shape index (κ3) is 2.01. The van der Waals surface area contributed by atoms with Crippen molar-refractivity contribution in [2.45, 2.75) is 52.1 Å². The van der Waals surface area contributed by atoms with Crippen LogP contribution in [0.5, 0.6) is 11.5 Å². The molecule has 1 aliphatic heterocycles. The average molecular weight is 220 g/mol. The first-order chi connectivity index (χ1) is 7.54. The van der Waals surface area contributed by atoms with Crippen molar-refractivity contribution in [1.82, 2.24) is 0 Å². The highest BCUT2D eigenvalue weighted by Gasteiger charge is 2.31. The highest BCUT2D eigenvalue weighted by atomic mass is 16.5. The monoisotopic (exact) mass is 220 g/mol. The van der Waals surface area contributed by atoms with E-state index in [1.54, 1.807) is 6.07 Å². The number of phenols is 1. The Morgan fingerprint density at radius 1 is 1.44 bits per heavy atom. The standard InChI is InChI=1S/C14H20O2/c1-4-6-14(3)7-5-11-9-12(15)8-10(2)13(11)16-14/h8-9,15H,4-7H2,1-3H3. The Bertz CT molecular complexity index is 398. The second-order valence-electron chi connectivity index (χ2n) is 5.05. The zero-order chi connectivity index (χ0) is 11.8. The van der Waals surface area contributed by atoms with Gasteiger partial charge in [0.1, 0.15) is 17.1 Å². The third-order valence-corrected chi connectivity index (χ3v) is 3.39. The van der Waals surface area contributed by atoms with Crippen LogP contribution in [0.2, 0.25) is 0 Å². The molecule has 0 saturated heterocycles. The van der Waals surface area contributed by atoms with Crippen LogP contribution in [0.1, 0.15) is 44.2 Å². The molecule has 1 aromatic rings. The van der Waals surface area contributed by atoms with Crippen molar-refractivity contribution in [2.24, 2.45) is 0 Å². The van der Waals surface area contributed by atoms with Crippen molar-refractivity contribution < 1.29 is 9.84 Å². The van der Waals surface area contributed by atoms with Crippen LogP contribution in [0.25, 0.3) is 0 Å². The molecule has 2 rings (SSSR count). The molecule has 0 aliphatic carbocycles. The fourth-order valence-corrected chi connectivity index (χ4v) is 2.56. The first-order valence-electron chi connectivity index (χ1n) is 6.05. The quantitative estimate of drug-likeness (QED) is 0.825. The maximum Gasteiger partial charge on any atom is 0.126 e. The van der Waals surface area contributed by atoms with Crippen molar-refractivity contribution in [1.29, 1.82) is 0 Å². The van der Waals surface area contributed by atoms with E-state index >= 15 is 0 Å². The lowest BCUT2D eigenvalue weighted by molar-refractivity contribution is 0.0545. The molecule has 88 valence electrons. The van der Waals surface area contributed by atoms with Gasteiger partial charge in [-0.3, -0.25) is 0 Å². The van der Waals surface area contributed by atoms with Crippen molar-refractivity contribution in [3.05, 3.63) is 23.3 Å². The normalized spacial score (nSPS) is 23.7. The molecule has 1 aliphatic rings. The first-order valence-corrected chi connectivity index (χ1v) is 6.05. The van der Waals surface area contributed by atoms with Gasteiger partial charge < -0.3 is 9.84 Å². The minimum absolute atomic E-state index is 0.0243. The van der Waals surface area contributed by atoms with Gasteiger partial charge in [0.05, 0.1) is 0 Å². The molecular weight excluding hydrogens is 200 g/mol. The van der Waals surface area contributed by atoms with Crippen LogP contribution in [0.4, 0.5) is 0 Å². The molecule has 0 radical (unpaired) electrons. The minimum atomic E-state index is -0.0243. The number of phenolic OH excluding ortho intramolecular Hbond substituents is 1. The molecule has 1 heterocycles. The Hall–Kier alpha value is -1.18. The van der Waals surface area contributed by atoms with Crippen molar-refractivity contribution in [3.63, 3.8) is 0 Å². The zero-order valence-electron chi connectivity index (χ0n) is 10.3. The SMILES string of the molecule is CCCC1(C)CCc2cc(O)cc(C)c2O1. The van der Waals surface area contributed by atoms with Crippen LogP contribution in [-0.2, 0) is 6.42 Å². The smallest absolute Gasteiger partial charge is 0.126 e. The second kappa shape index (κ2) is 4.00.